The highest BCUT2D eigenvalue weighted by Gasteiger charge is 2.25. The second-order valence-electron chi connectivity index (χ2n) is 8.06. The number of ether oxygens (including phenoxy) is 1. The fraction of sp³-hybridized carbons (Fsp3) is 0.208. The molecule has 8 nitrogen and oxygen atoms in total. The molecule has 5 rings (SSSR count). The van der Waals surface area contributed by atoms with Crippen molar-refractivity contribution in [3.8, 4) is 0 Å². The number of amides is 1. The zero-order chi connectivity index (χ0) is 25.3. The van der Waals surface area contributed by atoms with Crippen LogP contribution in [0.4, 0.5) is 11.6 Å². The van der Waals surface area contributed by atoms with E-state index in [2.05, 4.69) is 15.3 Å². The molecule has 1 aromatic heterocycles. The van der Waals surface area contributed by atoms with Crippen molar-refractivity contribution >= 4 is 68.4 Å². The van der Waals surface area contributed by atoms with Crippen molar-refractivity contribution in [3.63, 3.8) is 0 Å². The lowest BCUT2D eigenvalue weighted by molar-refractivity contribution is -0.112. The van der Waals surface area contributed by atoms with Gasteiger partial charge in [-0.2, -0.15) is 0 Å². The number of morpholine rings is 1. The summed E-state index contributed by atoms with van der Waals surface area (Å²) in [5.41, 5.74) is 1.36. The number of aromatic nitrogens is 2. The van der Waals surface area contributed by atoms with Crippen LogP contribution < -0.4 is 10.2 Å². The van der Waals surface area contributed by atoms with Crippen molar-refractivity contribution in [1.29, 1.82) is 0 Å². The number of anilines is 2. The molecule has 1 amide bonds. The summed E-state index contributed by atoms with van der Waals surface area (Å²) in [5, 5.41) is 3.36. The Labute approximate surface area is 222 Å². The molecule has 2 aliphatic rings. The summed E-state index contributed by atoms with van der Waals surface area (Å²) in [7, 11) is -3.76. The van der Waals surface area contributed by atoms with Gasteiger partial charge in [-0.25, -0.2) is 18.4 Å². The molecule has 1 saturated heterocycles. The average Bonchev–Trinajstić information content (AvgIpc) is 2.87. The summed E-state index contributed by atoms with van der Waals surface area (Å²) < 4.78 is 31.5. The number of carbonyl (C=O) groups is 1. The van der Waals surface area contributed by atoms with E-state index in [1.54, 1.807) is 42.6 Å². The number of thioether (sulfide) groups is 1. The van der Waals surface area contributed by atoms with Gasteiger partial charge in [0.2, 0.25) is 5.95 Å². The Morgan fingerprint density at radius 3 is 2.61 bits per heavy atom. The van der Waals surface area contributed by atoms with Crippen molar-refractivity contribution in [2.24, 2.45) is 0 Å². The van der Waals surface area contributed by atoms with Crippen molar-refractivity contribution in [1.82, 2.24) is 9.97 Å². The summed E-state index contributed by atoms with van der Waals surface area (Å²) in [5.74, 6) is -0.110. The molecule has 0 radical (unpaired) electrons. The van der Waals surface area contributed by atoms with E-state index in [9.17, 15) is 13.2 Å². The van der Waals surface area contributed by atoms with E-state index < -0.39 is 9.84 Å². The first-order valence-corrected chi connectivity index (χ1v) is 14.2. The Bertz CT molecular complexity index is 1450. The average molecular weight is 563 g/mol. The lowest BCUT2D eigenvalue weighted by atomic mass is 10.2. The highest BCUT2D eigenvalue weighted by molar-refractivity contribution is 8.04. The topological polar surface area (TPSA) is 101 Å². The quantitative estimate of drug-likeness (QED) is 0.447. The number of sulfone groups is 1. The number of nitrogens with zero attached hydrogens (tertiary/aromatic N) is 3. The molecule has 0 unspecified atom stereocenters. The molecule has 12 heteroatoms. The number of carbonyl (C=O) groups excluding carboxylic acids is 1. The van der Waals surface area contributed by atoms with Crippen molar-refractivity contribution in [2.45, 2.75) is 15.5 Å². The van der Waals surface area contributed by atoms with Crippen molar-refractivity contribution in [2.75, 3.05) is 36.5 Å². The summed E-state index contributed by atoms with van der Waals surface area (Å²) >= 11 is 13.6. The smallest absolute Gasteiger partial charge is 0.262 e. The third-order valence-corrected chi connectivity index (χ3v) is 9.08. The molecule has 3 heterocycles. The van der Waals surface area contributed by atoms with Crippen molar-refractivity contribution < 1.29 is 17.9 Å². The van der Waals surface area contributed by atoms with Gasteiger partial charge in [-0.15, -0.1) is 0 Å². The van der Waals surface area contributed by atoms with Crippen LogP contribution in [0, 0.1) is 0 Å². The third-order valence-electron chi connectivity index (χ3n) is 5.64. The van der Waals surface area contributed by atoms with Crippen LogP contribution in [0.2, 0.25) is 10.0 Å². The van der Waals surface area contributed by atoms with Gasteiger partial charge in [-0.3, -0.25) is 4.79 Å². The minimum absolute atomic E-state index is 0.0662. The molecule has 186 valence electrons. The van der Waals surface area contributed by atoms with Gasteiger partial charge >= 0.3 is 0 Å². The molecule has 0 spiro atoms. The maximum atomic E-state index is 13.1. The summed E-state index contributed by atoms with van der Waals surface area (Å²) in [6.45, 7) is 2.65. The Morgan fingerprint density at radius 2 is 1.86 bits per heavy atom. The number of halogens is 2. The lowest BCUT2D eigenvalue weighted by Crippen LogP contribution is -2.37. The van der Waals surface area contributed by atoms with E-state index in [0.29, 0.717) is 54.1 Å². The molecule has 0 bridgehead atoms. The van der Waals surface area contributed by atoms with Crippen LogP contribution in [0.15, 0.2) is 63.4 Å². The molecular formula is C24H20Cl2N4O4S2. The van der Waals surface area contributed by atoms with Gasteiger partial charge in [0.25, 0.3) is 5.91 Å². The SMILES string of the molecule is O=C1Nc2cc(S(=O)(=O)Cc3c(Cl)cccc3Cl)ccc2S/C1=C\c1ccnc(N2CCOCC2)n1. The Morgan fingerprint density at radius 1 is 1.11 bits per heavy atom. The molecule has 2 aromatic carbocycles. The number of benzene rings is 2. The van der Waals surface area contributed by atoms with E-state index >= 15 is 0 Å². The fourth-order valence-corrected chi connectivity index (χ4v) is 6.81. The Balaban J connectivity index is 1.38. The first-order valence-electron chi connectivity index (χ1n) is 11.0. The summed E-state index contributed by atoms with van der Waals surface area (Å²) in [4.78, 5) is 25.0. The fourth-order valence-electron chi connectivity index (χ4n) is 3.77. The zero-order valence-electron chi connectivity index (χ0n) is 18.8. The minimum atomic E-state index is -3.76. The molecule has 0 aliphatic carbocycles. The predicted molar refractivity (Wildman–Crippen MR) is 141 cm³/mol. The van der Waals surface area contributed by atoms with Gasteiger partial charge in [0.05, 0.1) is 40.1 Å². The second kappa shape index (κ2) is 10.4. The molecular weight excluding hydrogens is 543 g/mol. The molecule has 1 N–H and O–H groups in total. The third kappa shape index (κ3) is 5.37. The molecule has 3 aromatic rings. The molecule has 2 aliphatic heterocycles. The predicted octanol–water partition coefficient (Wildman–Crippen LogP) is 4.68. The maximum absolute atomic E-state index is 13.1. The zero-order valence-corrected chi connectivity index (χ0v) is 21.9. The second-order valence-corrected chi connectivity index (χ2v) is 12.0. The molecule has 0 saturated carbocycles. The molecule has 36 heavy (non-hydrogen) atoms. The van der Waals surface area contributed by atoms with Gasteiger partial charge in [-0.05, 0) is 42.5 Å². The molecule has 1 fully saturated rings. The van der Waals surface area contributed by atoms with E-state index in [1.807, 2.05) is 4.90 Å². The van der Waals surface area contributed by atoms with Crippen LogP contribution >= 0.6 is 35.0 Å². The van der Waals surface area contributed by atoms with Crippen LogP contribution in [0.1, 0.15) is 11.3 Å². The normalized spacial score (nSPS) is 17.1. The van der Waals surface area contributed by atoms with Gasteiger partial charge in [0.15, 0.2) is 9.84 Å². The standard InChI is InChI=1S/C24H20Cl2N4O4S2/c25-18-2-1-3-19(26)17(18)14-36(32,33)16-4-5-21-20(13-16)29-23(31)22(35-21)12-15-6-7-27-24(28-15)30-8-10-34-11-9-30/h1-7,12-13H,8-11,14H2,(H,29,31)/b22-12-. The molecule has 0 atom stereocenters. The van der Waals surface area contributed by atoms with E-state index in [-0.39, 0.29) is 26.6 Å². The monoisotopic (exact) mass is 562 g/mol. The Kier molecular flexibility index (Phi) is 7.23. The highest BCUT2D eigenvalue weighted by atomic mass is 35.5. The van der Waals surface area contributed by atoms with Crippen LogP contribution in [-0.2, 0) is 25.1 Å². The van der Waals surface area contributed by atoms with Crippen molar-refractivity contribution in [3.05, 3.63) is 74.9 Å². The van der Waals surface area contributed by atoms with E-state index in [4.69, 9.17) is 27.9 Å². The van der Waals surface area contributed by atoms with Gasteiger partial charge in [-0.1, -0.05) is 41.0 Å². The number of nitrogens with one attached hydrogen (secondary N) is 1. The number of hydrogen-bond donors (Lipinski definition) is 1. The first-order chi connectivity index (χ1) is 17.3. The van der Waals surface area contributed by atoms with Crippen LogP contribution in [-0.4, -0.2) is 50.6 Å². The number of rotatable bonds is 5. The lowest BCUT2D eigenvalue weighted by Gasteiger charge is -2.26. The van der Waals surface area contributed by atoms with Crippen LogP contribution in [0.5, 0.6) is 0 Å². The summed E-state index contributed by atoms with van der Waals surface area (Å²) in [6.07, 6.45) is 3.35. The minimum Gasteiger partial charge on any atom is -0.378 e. The largest absolute Gasteiger partial charge is 0.378 e. The van der Waals surface area contributed by atoms with Crippen LogP contribution in [0.25, 0.3) is 6.08 Å². The highest BCUT2D eigenvalue weighted by Crippen LogP contribution is 2.40. The van der Waals surface area contributed by atoms with E-state index in [1.165, 1.54) is 23.9 Å². The van der Waals surface area contributed by atoms with Gasteiger partial charge < -0.3 is 15.0 Å². The Hall–Kier alpha value is -2.63. The van der Waals surface area contributed by atoms with Gasteiger partial charge in [0, 0.05) is 39.8 Å². The first kappa shape index (κ1) is 25.0. The summed E-state index contributed by atoms with van der Waals surface area (Å²) in [6, 6.07) is 11.2. The van der Waals surface area contributed by atoms with Crippen LogP contribution in [0.3, 0.4) is 0 Å². The number of fused-ring (bicyclic) bond motifs is 1. The van der Waals surface area contributed by atoms with Gasteiger partial charge in [0.1, 0.15) is 0 Å². The number of hydrogen-bond acceptors (Lipinski definition) is 8. The van der Waals surface area contributed by atoms with E-state index in [0.717, 1.165) is 4.90 Å². The maximum Gasteiger partial charge on any atom is 0.262 e.